The number of nitrogens with one attached hydrogen (secondary N) is 1. The SMILES string of the molecule is Cc1noc2ncc(C(=O)NOCC(N)=O)cc12. The molecule has 0 unspecified atom stereocenters. The zero-order valence-electron chi connectivity index (χ0n) is 9.47. The van der Waals surface area contributed by atoms with Crippen LogP contribution in [0.3, 0.4) is 0 Å². The van der Waals surface area contributed by atoms with Crippen molar-refractivity contribution >= 4 is 22.9 Å². The molecule has 94 valence electrons. The molecule has 8 heteroatoms. The molecule has 2 aromatic heterocycles. The molecule has 2 aromatic rings. The molecule has 3 N–H and O–H groups in total. The van der Waals surface area contributed by atoms with Crippen molar-refractivity contribution in [2.24, 2.45) is 5.73 Å². The second-order valence-electron chi connectivity index (χ2n) is 3.53. The number of nitrogens with two attached hydrogens (primary N) is 1. The summed E-state index contributed by atoms with van der Waals surface area (Å²) < 4.78 is 4.91. The fraction of sp³-hybridized carbons (Fsp3) is 0.200. The number of nitrogens with zero attached hydrogens (tertiary/aromatic N) is 2. The Morgan fingerprint density at radius 3 is 3.06 bits per heavy atom. The molecule has 0 fully saturated rings. The number of aryl methyl sites for hydroxylation is 1. The van der Waals surface area contributed by atoms with Gasteiger partial charge in [-0.3, -0.25) is 14.4 Å². The molecule has 0 saturated heterocycles. The second kappa shape index (κ2) is 4.80. The van der Waals surface area contributed by atoms with Crippen molar-refractivity contribution in [1.82, 2.24) is 15.6 Å². The number of pyridine rings is 1. The molecular formula is C10H10N4O4. The van der Waals surface area contributed by atoms with Crippen molar-refractivity contribution in [3.63, 3.8) is 0 Å². The van der Waals surface area contributed by atoms with Crippen LogP contribution in [0, 0.1) is 6.92 Å². The van der Waals surface area contributed by atoms with Gasteiger partial charge in [0.15, 0.2) is 6.61 Å². The van der Waals surface area contributed by atoms with Crippen molar-refractivity contribution in [3.05, 3.63) is 23.5 Å². The number of amides is 2. The second-order valence-corrected chi connectivity index (χ2v) is 3.53. The van der Waals surface area contributed by atoms with Crippen LogP contribution in [0.15, 0.2) is 16.8 Å². The van der Waals surface area contributed by atoms with Crippen LogP contribution >= 0.6 is 0 Å². The molecule has 18 heavy (non-hydrogen) atoms. The third kappa shape index (κ3) is 2.43. The Morgan fingerprint density at radius 1 is 1.56 bits per heavy atom. The highest BCUT2D eigenvalue weighted by atomic mass is 16.7. The van der Waals surface area contributed by atoms with Crippen LogP contribution in [0.5, 0.6) is 0 Å². The number of carbonyl (C=O) groups excluding carboxylic acids is 2. The number of carbonyl (C=O) groups is 2. The van der Waals surface area contributed by atoms with Crippen LogP contribution in [0.25, 0.3) is 11.1 Å². The summed E-state index contributed by atoms with van der Waals surface area (Å²) in [5.74, 6) is -1.22. The van der Waals surface area contributed by atoms with Gasteiger partial charge in [0.2, 0.25) is 5.91 Å². The first-order valence-corrected chi connectivity index (χ1v) is 5.00. The van der Waals surface area contributed by atoms with E-state index in [1.54, 1.807) is 13.0 Å². The van der Waals surface area contributed by atoms with E-state index in [4.69, 9.17) is 10.3 Å². The van der Waals surface area contributed by atoms with Crippen molar-refractivity contribution in [1.29, 1.82) is 0 Å². The van der Waals surface area contributed by atoms with Crippen molar-refractivity contribution in [2.45, 2.75) is 6.92 Å². The maximum Gasteiger partial charge on any atom is 0.276 e. The van der Waals surface area contributed by atoms with Crippen LogP contribution in [-0.2, 0) is 9.63 Å². The predicted molar refractivity (Wildman–Crippen MR) is 59.2 cm³/mol. The minimum atomic E-state index is -0.682. The monoisotopic (exact) mass is 250 g/mol. The Hall–Kier alpha value is -2.48. The average molecular weight is 250 g/mol. The summed E-state index contributed by atoms with van der Waals surface area (Å²) in [6, 6.07) is 1.57. The number of hydrogen-bond acceptors (Lipinski definition) is 6. The Labute approximate surface area is 101 Å². The highest BCUT2D eigenvalue weighted by Crippen LogP contribution is 2.16. The van der Waals surface area contributed by atoms with Crippen molar-refractivity contribution in [3.8, 4) is 0 Å². The van der Waals surface area contributed by atoms with Crippen molar-refractivity contribution in [2.75, 3.05) is 6.61 Å². The number of fused-ring (bicyclic) bond motifs is 1. The third-order valence-corrected chi connectivity index (χ3v) is 2.15. The minimum absolute atomic E-state index is 0.262. The van der Waals surface area contributed by atoms with Crippen molar-refractivity contribution < 1.29 is 18.9 Å². The maximum absolute atomic E-state index is 11.6. The molecule has 0 bridgehead atoms. The normalized spacial score (nSPS) is 10.5. The van der Waals surface area contributed by atoms with Crippen LogP contribution in [0.1, 0.15) is 16.1 Å². The van der Waals surface area contributed by atoms with Crippen LogP contribution < -0.4 is 11.2 Å². The molecule has 2 rings (SSSR count). The van der Waals surface area contributed by atoms with Crippen LogP contribution in [0.2, 0.25) is 0 Å². The van der Waals surface area contributed by atoms with E-state index < -0.39 is 18.4 Å². The number of primary amides is 1. The molecule has 0 spiro atoms. The van der Waals surface area contributed by atoms with Gasteiger partial charge >= 0.3 is 0 Å². The summed E-state index contributed by atoms with van der Waals surface area (Å²) in [5.41, 5.74) is 8.17. The zero-order chi connectivity index (χ0) is 13.1. The Kier molecular flexibility index (Phi) is 3.20. The van der Waals surface area contributed by atoms with E-state index in [-0.39, 0.29) is 5.56 Å². The van der Waals surface area contributed by atoms with Crippen LogP contribution in [-0.4, -0.2) is 28.6 Å². The van der Waals surface area contributed by atoms with E-state index in [0.29, 0.717) is 16.8 Å². The van der Waals surface area contributed by atoms with E-state index in [9.17, 15) is 9.59 Å². The molecule has 0 aliphatic heterocycles. The predicted octanol–water partition coefficient (Wildman–Crippen LogP) is -0.322. The third-order valence-electron chi connectivity index (χ3n) is 2.15. The molecule has 0 saturated carbocycles. The van der Waals surface area contributed by atoms with E-state index in [0.717, 1.165) is 0 Å². The van der Waals surface area contributed by atoms with Gasteiger partial charge in [-0.15, -0.1) is 0 Å². The molecule has 0 atom stereocenters. The van der Waals surface area contributed by atoms with Gasteiger partial charge in [0, 0.05) is 6.20 Å². The number of hydroxylamine groups is 1. The summed E-state index contributed by atoms with van der Waals surface area (Å²) in [4.78, 5) is 30.6. The summed E-state index contributed by atoms with van der Waals surface area (Å²) in [6.45, 7) is 1.34. The molecule has 0 aromatic carbocycles. The largest absolute Gasteiger partial charge is 0.368 e. The first-order chi connectivity index (χ1) is 8.58. The lowest BCUT2D eigenvalue weighted by Crippen LogP contribution is -2.29. The minimum Gasteiger partial charge on any atom is -0.368 e. The first-order valence-electron chi connectivity index (χ1n) is 5.00. The lowest BCUT2D eigenvalue weighted by molar-refractivity contribution is -0.124. The molecule has 0 aliphatic carbocycles. The summed E-state index contributed by atoms with van der Waals surface area (Å²) in [7, 11) is 0. The van der Waals surface area contributed by atoms with Gasteiger partial charge in [0.1, 0.15) is 0 Å². The van der Waals surface area contributed by atoms with E-state index in [1.807, 2.05) is 0 Å². The van der Waals surface area contributed by atoms with E-state index in [1.165, 1.54) is 6.20 Å². The fourth-order valence-electron chi connectivity index (χ4n) is 1.30. The summed E-state index contributed by atoms with van der Waals surface area (Å²) in [5, 5.41) is 4.36. The van der Waals surface area contributed by atoms with E-state index >= 15 is 0 Å². The number of hydrogen-bond donors (Lipinski definition) is 2. The summed E-state index contributed by atoms with van der Waals surface area (Å²) >= 11 is 0. The molecular weight excluding hydrogens is 240 g/mol. The lowest BCUT2D eigenvalue weighted by Gasteiger charge is -2.03. The molecule has 8 nitrogen and oxygen atoms in total. The van der Waals surface area contributed by atoms with Gasteiger partial charge in [-0.25, -0.2) is 10.5 Å². The van der Waals surface area contributed by atoms with Gasteiger partial charge in [0.05, 0.1) is 16.6 Å². The maximum atomic E-state index is 11.6. The van der Waals surface area contributed by atoms with Gasteiger partial charge in [-0.1, -0.05) is 5.16 Å². The zero-order valence-corrected chi connectivity index (χ0v) is 9.47. The van der Waals surface area contributed by atoms with Gasteiger partial charge < -0.3 is 10.3 Å². The first kappa shape index (κ1) is 12.0. The molecule has 0 radical (unpaired) electrons. The Morgan fingerprint density at radius 2 is 2.33 bits per heavy atom. The topological polar surface area (TPSA) is 120 Å². The molecule has 2 amide bonds. The number of rotatable bonds is 4. The average Bonchev–Trinajstić information content (AvgIpc) is 2.70. The van der Waals surface area contributed by atoms with Gasteiger partial charge in [-0.05, 0) is 13.0 Å². The lowest BCUT2D eigenvalue weighted by atomic mass is 10.2. The Bertz CT molecular complexity index is 607. The fourth-order valence-corrected chi connectivity index (χ4v) is 1.30. The Balaban J connectivity index is 2.12. The smallest absolute Gasteiger partial charge is 0.276 e. The molecule has 2 heterocycles. The molecule has 0 aliphatic rings. The highest BCUT2D eigenvalue weighted by molar-refractivity contribution is 5.96. The van der Waals surface area contributed by atoms with E-state index in [2.05, 4.69) is 20.5 Å². The van der Waals surface area contributed by atoms with Crippen LogP contribution in [0.4, 0.5) is 0 Å². The number of aromatic nitrogens is 2. The van der Waals surface area contributed by atoms with Gasteiger partial charge in [0.25, 0.3) is 11.6 Å². The van der Waals surface area contributed by atoms with Gasteiger partial charge in [-0.2, -0.15) is 0 Å². The quantitative estimate of drug-likeness (QED) is 0.717. The summed E-state index contributed by atoms with van der Waals surface area (Å²) in [6.07, 6.45) is 1.32. The highest BCUT2D eigenvalue weighted by Gasteiger charge is 2.11. The standard InChI is InChI=1S/C10H10N4O4/c1-5-7-2-6(3-12-10(7)18-13-5)9(16)14-17-4-8(11)15/h2-3H,4H2,1H3,(H2,11,15)(H,14,16).